The van der Waals surface area contributed by atoms with Crippen molar-refractivity contribution in [1.82, 2.24) is 10.3 Å². The maximum atomic E-state index is 12.1. The Hall–Kier alpha value is -0.590. The van der Waals surface area contributed by atoms with Crippen LogP contribution in [0.4, 0.5) is 0 Å². The van der Waals surface area contributed by atoms with Gasteiger partial charge in [0.15, 0.2) is 0 Å². The van der Waals surface area contributed by atoms with Gasteiger partial charge in [0.2, 0.25) is 0 Å². The van der Waals surface area contributed by atoms with Crippen LogP contribution in [-0.2, 0) is 0 Å². The molecule has 1 aliphatic rings. The lowest BCUT2D eigenvalue weighted by Crippen LogP contribution is -2.42. The minimum absolute atomic E-state index is 0.110. The predicted molar refractivity (Wildman–Crippen MR) is 75.4 cm³/mol. The van der Waals surface area contributed by atoms with Gasteiger partial charge in [0, 0.05) is 18.2 Å². The molecule has 1 aromatic rings. The van der Waals surface area contributed by atoms with Gasteiger partial charge in [-0.15, -0.1) is 11.3 Å². The third-order valence-corrected chi connectivity index (χ3v) is 4.60. The highest BCUT2D eigenvalue weighted by Crippen LogP contribution is 2.41. The van der Waals surface area contributed by atoms with Gasteiger partial charge in [0.25, 0.3) is 5.91 Å². The minimum Gasteiger partial charge on any atom is -0.387 e. The Bertz CT molecular complexity index is 427. The third kappa shape index (κ3) is 3.46. The summed E-state index contributed by atoms with van der Waals surface area (Å²) >= 11 is 2.94. The molecule has 0 radical (unpaired) electrons. The van der Waals surface area contributed by atoms with Crippen LogP contribution in [0.3, 0.4) is 0 Å². The van der Waals surface area contributed by atoms with Crippen molar-refractivity contribution in [3.05, 3.63) is 16.1 Å². The molecule has 100 valence electrons. The van der Waals surface area contributed by atoms with Crippen molar-refractivity contribution in [3.8, 4) is 0 Å². The number of aromatic nitrogens is 1. The average molecular weight is 286 g/mol. The lowest BCUT2D eigenvalue weighted by Gasteiger charge is -2.22. The molecule has 1 amide bonds. The van der Waals surface area contributed by atoms with Crippen molar-refractivity contribution in [1.29, 1.82) is 0 Å². The largest absolute Gasteiger partial charge is 0.387 e. The van der Waals surface area contributed by atoms with Crippen LogP contribution in [-0.4, -0.2) is 40.2 Å². The molecule has 1 aliphatic carbocycles. The molecule has 1 aromatic heterocycles. The predicted octanol–water partition coefficient (Wildman–Crippen LogP) is 1.86. The van der Waals surface area contributed by atoms with Crippen molar-refractivity contribution >= 4 is 29.0 Å². The molecule has 0 spiro atoms. The highest BCUT2D eigenvalue weighted by Gasteiger charge is 2.31. The zero-order valence-corrected chi connectivity index (χ0v) is 12.2. The van der Waals surface area contributed by atoms with E-state index in [-0.39, 0.29) is 12.5 Å². The molecule has 6 heteroatoms. The molecule has 1 unspecified atom stereocenters. The summed E-state index contributed by atoms with van der Waals surface area (Å²) < 4.78 is 0. The first-order chi connectivity index (χ1) is 8.53. The van der Waals surface area contributed by atoms with Gasteiger partial charge >= 0.3 is 0 Å². The molecule has 2 rings (SSSR count). The zero-order chi connectivity index (χ0) is 13.2. The number of nitrogens with one attached hydrogen (secondary N) is 1. The molecule has 18 heavy (non-hydrogen) atoms. The van der Waals surface area contributed by atoms with E-state index in [9.17, 15) is 9.90 Å². The normalized spacial score (nSPS) is 18.4. The molecular weight excluding hydrogens is 268 g/mol. The fraction of sp³-hybridized carbons (Fsp3) is 0.667. The monoisotopic (exact) mass is 286 g/mol. The molecule has 1 fully saturated rings. The summed E-state index contributed by atoms with van der Waals surface area (Å²) in [5.41, 5.74) is 1.80. The summed E-state index contributed by atoms with van der Waals surface area (Å²) in [6, 6.07) is 0. The first-order valence-corrected chi connectivity index (χ1v) is 8.24. The summed E-state index contributed by atoms with van der Waals surface area (Å²) in [4.78, 5) is 17.0. The second-order valence-corrected chi connectivity index (χ2v) is 6.67. The van der Waals surface area contributed by atoms with E-state index in [0.29, 0.717) is 16.5 Å². The summed E-state index contributed by atoms with van der Waals surface area (Å²) in [6.07, 6.45) is 4.20. The van der Waals surface area contributed by atoms with Gasteiger partial charge in [-0.1, -0.05) is 0 Å². The van der Waals surface area contributed by atoms with Crippen molar-refractivity contribution < 1.29 is 9.90 Å². The summed E-state index contributed by atoms with van der Waals surface area (Å²) in [7, 11) is 0. The number of hydrogen-bond donors (Lipinski definition) is 2. The molecule has 0 aromatic carbocycles. The van der Waals surface area contributed by atoms with E-state index in [2.05, 4.69) is 10.3 Å². The molecule has 0 aliphatic heterocycles. The molecule has 1 heterocycles. The Morgan fingerprint density at radius 2 is 2.44 bits per heavy atom. The maximum absolute atomic E-state index is 12.1. The van der Waals surface area contributed by atoms with Gasteiger partial charge < -0.3 is 10.4 Å². The van der Waals surface area contributed by atoms with Crippen molar-refractivity contribution in [2.24, 2.45) is 0 Å². The van der Waals surface area contributed by atoms with Crippen LogP contribution < -0.4 is 5.32 Å². The lowest BCUT2D eigenvalue weighted by molar-refractivity contribution is 0.0726. The van der Waals surface area contributed by atoms with E-state index in [4.69, 9.17) is 0 Å². The van der Waals surface area contributed by atoms with Crippen LogP contribution in [0.5, 0.6) is 0 Å². The standard InChI is InChI=1S/C12H18N2O2S2/c1-12(16,6-17-2)5-13-11(15)10-9(8-3-4-8)14-7-18-10/h7-8,16H,3-6H2,1-2H3,(H,13,15). The lowest BCUT2D eigenvalue weighted by atomic mass is 10.1. The fourth-order valence-corrected chi connectivity index (χ4v) is 3.30. The van der Waals surface area contributed by atoms with E-state index in [0.717, 1.165) is 18.5 Å². The average Bonchev–Trinajstić information content (AvgIpc) is 3.04. The van der Waals surface area contributed by atoms with Crippen molar-refractivity contribution in [3.63, 3.8) is 0 Å². The highest BCUT2D eigenvalue weighted by molar-refractivity contribution is 7.98. The van der Waals surface area contributed by atoms with Gasteiger partial charge in [-0.05, 0) is 26.0 Å². The van der Waals surface area contributed by atoms with Crippen LogP contribution in [0.1, 0.15) is 41.0 Å². The number of aliphatic hydroxyl groups is 1. The number of thiazole rings is 1. The number of thioether (sulfide) groups is 1. The van der Waals surface area contributed by atoms with Crippen molar-refractivity contribution in [2.45, 2.75) is 31.3 Å². The summed E-state index contributed by atoms with van der Waals surface area (Å²) in [5, 5.41) is 12.8. The van der Waals surface area contributed by atoms with E-state index in [1.165, 1.54) is 11.3 Å². The third-order valence-electron chi connectivity index (χ3n) is 2.85. The number of amides is 1. The van der Waals surface area contributed by atoms with Gasteiger partial charge in [-0.2, -0.15) is 11.8 Å². The van der Waals surface area contributed by atoms with Crippen LogP contribution >= 0.6 is 23.1 Å². The first-order valence-electron chi connectivity index (χ1n) is 5.96. The Morgan fingerprint density at radius 1 is 1.72 bits per heavy atom. The van der Waals surface area contributed by atoms with E-state index in [1.54, 1.807) is 24.2 Å². The first kappa shape index (κ1) is 13.8. The van der Waals surface area contributed by atoms with E-state index >= 15 is 0 Å². The highest BCUT2D eigenvalue weighted by atomic mass is 32.2. The molecule has 4 nitrogen and oxygen atoms in total. The second kappa shape index (κ2) is 5.59. The molecule has 0 saturated heterocycles. The molecular formula is C12H18N2O2S2. The van der Waals surface area contributed by atoms with Gasteiger partial charge in [0.05, 0.1) is 16.8 Å². The fourth-order valence-electron chi connectivity index (χ4n) is 1.79. The molecule has 0 bridgehead atoms. The quantitative estimate of drug-likeness (QED) is 0.838. The summed E-state index contributed by atoms with van der Waals surface area (Å²) in [5.74, 6) is 0.968. The Labute approximate surface area is 115 Å². The minimum atomic E-state index is -0.862. The number of rotatable bonds is 6. The number of hydrogen-bond acceptors (Lipinski definition) is 5. The van der Waals surface area contributed by atoms with Crippen LogP contribution in [0.25, 0.3) is 0 Å². The summed E-state index contributed by atoms with van der Waals surface area (Å²) in [6.45, 7) is 2.01. The number of carbonyl (C=O) groups is 1. The number of nitrogens with zero attached hydrogens (tertiary/aromatic N) is 1. The number of carbonyl (C=O) groups excluding carboxylic acids is 1. The topological polar surface area (TPSA) is 62.2 Å². The van der Waals surface area contributed by atoms with Crippen molar-refractivity contribution in [2.75, 3.05) is 18.6 Å². The maximum Gasteiger partial charge on any atom is 0.263 e. The Morgan fingerprint density at radius 3 is 3.06 bits per heavy atom. The van der Waals surface area contributed by atoms with Gasteiger partial charge in [0.1, 0.15) is 4.88 Å². The molecule has 2 N–H and O–H groups in total. The second-order valence-electron chi connectivity index (χ2n) is 4.95. The van der Waals surface area contributed by atoms with Crippen LogP contribution in [0, 0.1) is 0 Å². The molecule has 1 atom stereocenters. The van der Waals surface area contributed by atoms with E-state index in [1.807, 2.05) is 6.26 Å². The Kier molecular flexibility index (Phi) is 4.29. The van der Waals surface area contributed by atoms with Gasteiger partial charge in [-0.25, -0.2) is 4.98 Å². The SMILES string of the molecule is CSCC(C)(O)CNC(=O)c1scnc1C1CC1. The zero-order valence-electron chi connectivity index (χ0n) is 10.6. The molecule has 1 saturated carbocycles. The van der Waals surface area contributed by atoms with Crippen LogP contribution in [0.2, 0.25) is 0 Å². The Balaban J connectivity index is 1.93. The smallest absolute Gasteiger partial charge is 0.263 e. The van der Waals surface area contributed by atoms with Crippen LogP contribution in [0.15, 0.2) is 5.51 Å². The van der Waals surface area contributed by atoms with E-state index < -0.39 is 5.60 Å². The van der Waals surface area contributed by atoms with Gasteiger partial charge in [-0.3, -0.25) is 4.79 Å².